The van der Waals surface area contributed by atoms with Crippen molar-refractivity contribution in [3.63, 3.8) is 0 Å². The highest BCUT2D eigenvalue weighted by Gasteiger charge is 2.27. The zero-order chi connectivity index (χ0) is 51.1. The minimum atomic E-state index is -5.89. The highest BCUT2D eigenvalue weighted by Crippen LogP contribution is 2.43. The molecule has 0 fully saturated rings. The number of carbonyl (C=O) groups is 2. The molecule has 0 aromatic rings. The SMILES string of the molecule is [2H]C([2H])(OP(=O)(O)OCC(COC(=O)CCCCCCCCCCCCCCCCC)OC(=O)CCCCCCCCCCCCCCCCC)C([2H])([2H])[N+](C([2H])([2H])[2H])(C([2H])([2H])[2H])C([2H])([2H])[2H]. The maximum absolute atomic E-state index is 13.1. The molecule has 0 aliphatic rings. The summed E-state index contributed by atoms with van der Waals surface area (Å²) in [5, 5.41) is 0. The molecule has 0 aromatic heterocycles. The quantitative estimate of drug-likeness (QED) is 0.0281. The van der Waals surface area contributed by atoms with Gasteiger partial charge in [-0.3, -0.25) is 18.6 Å². The number of carbonyl (C=O) groups excluding carboxylic acids is 2. The number of ether oxygens (including phenoxy) is 2. The molecule has 2 unspecified atom stereocenters. The summed E-state index contributed by atoms with van der Waals surface area (Å²) in [6.45, 7) is -19.2. The van der Waals surface area contributed by atoms with Crippen molar-refractivity contribution in [2.24, 2.45) is 0 Å². The number of unbranched alkanes of at least 4 members (excludes halogenated alkanes) is 28. The van der Waals surface area contributed by atoms with Crippen LogP contribution in [0.1, 0.15) is 237 Å². The maximum Gasteiger partial charge on any atom is 0.472 e. The van der Waals surface area contributed by atoms with Crippen LogP contribution in [0.2, 0.25) is 0 Å². The molecule has 0 rings (SSSR count). The lowest BCUT2D eigenvalue weighted by Gasteiger charge is -2.24. The molecule has 0 aliphatic carbocycles. The number of likely N-dealkylation sites (N-methyl/N-ethyl adjacent to an activating group) is 1. The molecule has 0 saturated carbocycles. The summed E-state index contributed by atoms with van der Waals surface area (Å²) < 4.78 is 132. The molecule has 0 saturated heterocycles. The smallest absolute Gasteiger partial charge is 0.462 e. The summed E-state index contributed by atoms with van der Waals surface area (Å²) in [7, 11) is -5.89. The second kappa shape index (κ2) is 37.6. The minimum Gasteiger partial charge on any atom is -0.462 e. The maximum atomic E-state index is 13.1. The van der Waals surface area contributed by atoms with E-state index in [-0.39, 0.29) is 12.8 Å². The largest absolute Gasteiger partial charge is 0.472 e. The topological polar surface area (TPSA) is 108 Å². The van der Waals surface area contributed by atoms with Gasteiger partial charge in [-0.15, -0.1) is 0 Å². The second-order valence-electron chi connectivity index (χ2n) is 14.9. The lowest BCUT2D eigenvalue weighted by molar-refractivity contribution is -0.870. The van der Waals surface area contributed by atoms with Crippen molar-refractivity contribution in [2.75, 3.05) is 47.2 Å². The van der Waals surface area contributed by atoms with Crippen LogP contribution in [0, 0.1) is 0 Å². The Morgan fingerprint density at radius 2 is 0.907 bits per heavy atom. The van der Waals surface area contributed by atoms with Gasteiger partial charge in [-0.25, -0.2) is 4.57 Å². The van der Waals surface area contributed by atoms with Gasteiger partial charge in [0.2, 0.25) is 0 Å². The van der Waals surface area contributed by atoms with Crippen molar-refractivity contribution in [1.29, 1.82) is 0 Å². The molecule has 0 heterocycles. The van der Waals surface area contributed by atoms with Crippen molar-refractivity contribution >= 4 is 19.8 Å². The third-order valence-corrected chi connectivity index (χ3v) is 10.3. The van der Waals surface area contributed by atoms with Crippen LogP contribution in [0.15, 0.2) is 0 Å². The van der Waals surface area contributed by atoms with E-state index in [0.717, 1.165) is 57.8 Å². The molecule has 54 heavy (non-hydrogen) atoms. The zero-order valence-corrected chi connectivity index (χ0v) is 35.2. The van der Waals surface area contributed by atoms with Crippen LogP contribution in [-0.4, -0.2) is 74.6 Å². The fourth-order valence-electron chi connectivity index (χ4n) is 6.25. The van der Waals surface area contributed by atoms with Crippen LogP contribution in [0.25, 0.3) is 0 Å². The van der Waals surface area contributed by atoms with Crippen molar-refractivity contribution in [3.8, 4) is 0 Å². The lowest BCUT2D eigenvalue weighted by atomic mass is 10.0. The summed E-state index contributed by atoms with van der Waals surface area (Å²) in [5.74, 6) is -1.39. The van der Waals surface area contributed by atoms with Gasteiger partial charge in [0, 0.05) is 12.8 Å². The normalized spacial score (nSPS) is 18.3. The number of hydrogen-bond donors (Lipinski definition) is 1. The number of hydrogen-bond acceptors (Lipinski definition) is 7. The summed E-state index contributed by atoms with van der Waals surface area (Å²) in [5.41, 5.74) is 0. The van der Waals surface area contributed by atoms with Gasteiger partial charge in [-0.1, -0.05) is 194 Å². The first-order valence-electron chi connectivity index (χ1n) is 28.2. The van der Waals surface area contributed by atoms with Gasteiger partial charge in [0.05, 0.1) is 45.4 Å². The predicted molar refractivity (Wildman–Crippen MR) is 225 cm³/mol. The van der Waals surface area contributed by atoms with E-state index in [1.54, 1.807) is 0 Å². The van der Waals surface area contributed by atoms with E-state index in [1.807, 2.05) is 0 Å². The van der Waals surface area contributed by atoms with Gasteiger partial charge in [0.25, 0.3) is 0 Å². The van der Waals surface area contributed by atoms with E-state index in [2.05, 4.69) is 18.4 Å². The number of phosphoric ester groups is 1. The van der Waals surface area contributed by atoms with Crippen LogP contribution < -0.4 is 0 Å². The third-order valence-electron chi connectivity index (χ3n) is 9.50. The molecule has 9 nitrogen and oxygen atoms in total. The number of rotatable bonds is 42. The van der Waals surface area contributed by atoms with Crippen molar-refractivity contribution < 1.29 is 59.9 Å². The summed E-state index contributed by atoms with van der Waals surface area (Å²) in [6, 6.07) is 0. The molecule has 0 aromatic carbocycles. The average molecular weight is 804 g/mol. The molecule has 0 radical (unpaired) electrons. The molecule has 2 atom stereocenters. The first-order valence-corrected chi connectivity index (χ1v) is 23.2. The Morgan fingerprint density at radius 3 is 1.28 bits per heavy atom. The molecular weight excluding hydrogens is 701 g/mol. The fourth-order valence-corrected chi connectivity index (χ4v) is 6.81. The minimum absolute atomic E-state index is 0.0444. The van der Waals surface area contributed by atoms with E-state index in [1.165, 1.54) is 122 Å². The fraction of sp³-hybridized carbons (Fsp3) is 0.955. The summed E-state index contributed by atoms with van der Waals surface area (Å²) in [4.78, 5) is 36.1. The Labute approximate surface area is 352 Å². The Morgan fingerprint density at radius 1 is 0.556 bits per heavy atom. The van der Waals surface area contributed by atoms with E-state index in [4.69, 9.17) is 31.8 Å². The van der Waals surface area contributed by atoms with Crippen LogP contribution in [0.3, 0.4) is 0 Å². The van der Waals surface area contributed by atoms with E-state index in [0.29, 0.717) is 12.8 Å². The van der Waals surface area contributed by atoms with Gasteiger partial charge in [0.1, 0.15) is 19.7 Å². The van der Waals surface area contributed by atoms with Gasteiger partial charge in [0.15, 0.2) is 6.10 Å². The molecule has 0 amide bonds. The average Bonchev–Trinajstić information content (AvgIpc) is 3.19. The molecular formula is C44H89NO8P+. The predicted octanol–water partition coefficient (Wildman–Crippen LogP) is 12.8. The van der Waals surface area contributed by atoms with Crippen molar-refractivity contribution in [1.82, 2.24) is 0 Å². The van der Waals surface area contributed by atoms with Gasteiger partial charge >= 0.3 is 19.8 Å². The standard InChI is InChI=1S/C44H88NO8P/c1-6-8-10-12-14-16-18-20-22-24-26-28-30-32-34-36-43(46)50-40-42(41-52-54(48,49)51-39-38-45(3,4)5)53-44(47)37-35-33-31-29-27-25-23-21-19-17-15-13-11-9-7-2/h42H,6-41H2,1-5H3/p+1/i3D3,4D3,5D3,38D2,39D2. The Bertz CT molecular complexity index is 1320. The first kappa shape index (κ1) is 33.9. The Hall–Kier alpha value is -0.990. The first-order chi connectivity index (χ1) is 31.2. The van der Waals surface area contributed by atoms with Crippen LogP contribution in [0.4, 0.5) is 0 Å². The molecule has 0 spiro atoms. The lowest BCUT2D eigenvalue weighted by Crippen LogP contribution is -2.37. The molecule has 1 N–H and O–H groups in total. The summed E-state index contributed by atoms with van der Waals surface area (Å²) in [6.07, 6.45) is 32.5. The van der Waals surface area contributed by atoms with Crippen LogP contribution >= 0.6 is 7.82 Å². The summed E-state index contributed by atoms with van der Waals surface area (Å²) >= 11 is 0. The van der Waals surface area contributed by atoms with Crippen LogP contribution in [0.5, 0.6) is 0 Å². The van der Waals surface area contributed by atoms with Crippen molar-refractivity contribution in [2.45, 2.75) is 225 Å². The van der Waals surface area contributed by atoms with Gasteiger partial charge < -0.3 is 18.9 Å². The van der Waals surface area contributed by atoms with E-state index < -0.39 is 77.5 Å². The Balaban J connectivity index is 5.33. The number of nitrogens with zero attached hydrogens (tertiary/aromatic N) is 1. The highest BCUT2D eigenvalue weighted by molar-refractivity contribution is 7.47. The third kappa shape index (κ3) is 40.7. The number of quaternary nitrogens is 1. The monoisotopic (exact) mass is 804 g/mol. The van der Waals surface area contributed by atoms with Gasteiger partial charge in [-0.05, 0) is 12.8 Å². The molecule has 0 bridgehead atoms. The Kier molecular flexibility index (Phi) is 23.6. The number of esters is 2. The van der Waals surface area contributed by atoms with Gasteiger partial charge in [-0.2, -0.15) is 0 Å². The van der Waals surface area contributed by atoms with E-state index in [9.17, 15) is 19.0 Å². The zero-order valence-electron chi connectivity index (χ0n) is 47.3. The molecule has 10 heteroatoms. The molecule has 322 valence electrons. The van der Waals surface area contributed by atoms with Crippen molar-refractivity contribution in [3.05, 3.63) is 0 Å². The van der Waals surface area contributed by atoms with E-state index >= 15 is 0 Å². The number of phosphoric acid groups is 1. The second-order valence-corrected chi connectivity index (χ2v) is 16.3. The molecule has 0 aliphatic heterocycles. The highest BCUT2D eigenvalue weighted by atomic mass is 31.2. The van der Waals surface area contributed by atoms with Crippen LogP contribution in [-0.2, 0) is 32.7 Å².